The molecule has 0 unspecified atom stereocenters. The van der Waals surface area contributed by atoms with Crippen molar-refractivity contribution in [1.29, 1.82) is 0 Å². The number of benzene rings is 1. The fourth-order valence-electron chi connectivity index (χ4n) is 2.67. The second-order valence-electron chi connectivity index (χ2n) is 5.91. The van der Waals surface area contributed by atoms with Gasteiger partial charge in [-0.2, -0.15) is 0 Å². The van der Waals surface area contributed by atoms with Crippen LogP contribution in [0, 0.1) is 0 Å². The van der Waals surface area contributed by atoms with E-state index in [1.54, 1.807) is 40.9 Å². The highest BCUT2D eigenvalue weighted by molar-refractivity contribution is 6.08. The second kappa shape index (κ2) is 8.35. The van der Waals surface area contributed by atoms with Crippen molar-refractivity contribution in [1.82, 2.24) is 14.7 Å². The number of pyridine rings is 1. The van der Waals surface area contributed by atoms with Crippen molar-refractivity contribution in [2.24, 2.45) is 0 Å². The molecule has 0 atom stereocenters. The Morgan fingerprint density at radius 1 is 1.07 bits per heavy atom. The van der Waals surface area contributed by atoms with Gasteiger partial charge in [-0.15, -0.1) is 0 Å². The summed E-state index contributed by atoms with van der Waals surface area (Å²) in [5.41, 5.74) is 1.34. The molecule has 0 radical (unpaired) electrons. The summed E-state index contributed by atoms with van der Waals surface area (Å²) in [4.78, 5) is 29.6. The van der Waals surface area contributed by atoms with Crippen LogP contribution in [-0.4, -0.2) is 34.4 Å². The Morgan fingerprint density at radius 3 is 2.56 bits per heavy atom. The number of ether oxygens (including phenoxy) is 1. The van der Waals surface area contributed by atoms with E-state index >= 15 is 0 Å². The number of nitrogens with zero attached hydrogens (tertiary/aromatic N) is 2. The van der Waals surface area contributed by atoms with Crippen LogP contribution in [0.4, 0.5) is 5.82 Å². The molecule has 3 rings (SSSR count). The van der Waals surface area contributed by atoms with E-state index in [2.05, 4.69) is 15.6 Å². The highest BCUT2D eigenvalue weighted by Crippen LogP contribution is 2.19. The zero-order chi connectivity index (χ0) is 19.2. The van der Waals surface area contributed by atoms with E-state index in [9.17, 15) is 9.59 Å². The average molecular weight is 366 g/mol. The number of amides is 2. The number of hydrogen-bond donors (Lipinski definition) is 2. The normalized spacial score (nSPS) is 10.6. The summed E-state index contributed by atoms with van der Waals surface area (Å²) in [5, 5.41) is 5.59. The minimum Gasteiger partial charge on any atom is -0.494 e. The summed E-state index contributed by atoms with van der Waals surface area (Å²) in [6.45, 7) is 4.98. The standard InChI is InChI=1S/C20H22N4O3/c1-3-12-21-20(26)17-18(22-16-7-5-6-13-24(16)17)23-19(25)14-8-10-15(11-9-14)27-4-2/h5-11,13H,3-4,12H2,1-2H3,(H,21,26)(H,23,25). The van der Waals surface area contributed by atoms with Gasteiger partial charge in [-0.05, 0) is 49.7 Å². The van der Waals surface area contributed by atoms with Crippen LogP contribution in [0.5, 0.6) is 5.75 Å². The van der Waals surface area contributed by atoms with Crippen molar-refractivity contribution in [3.05, 3.63) is 59.9 Å². The van der Waals surface area contributed by atoms with Crippen LogP contribution < -0.4 is 15.4 Å². The number of fused-ring (bicyclic) bond motifs is 1. The summed E-state index contributed by atoms with van der Waals surface area (Å²) in [6.07, 6.45) is 2.56. The molecule has 0 aliphatic carbocycles. The molecule has 2 heterocycles. The number of nitrogens with one attached hydrogen (secondary N) is 2. The van der Waals surface area contributed by atoms with Crippen molar-refractivity contribution in [2.75, 3.05) is 18.5 Å². The van der Waals surface area contributed by atoms with Crippen LogP contribution in [0.1, 0.15) is 41.1 Å². The van der Waals surface area contributed by atoms with E-state index < -0.39 is 0 Å². The predicted molar refractivity (Wildman–Crippen MR) is 103 cm³/mol. The van der Waals surface area contributed by atoms with Crippen molar-refractivity contribution < 1.29 is 14.3 Å². The monoisotopic (exact) mass is 366 g/mol. The molecule has 0 saturated carbocycles. The lowest BCUT2D eigenvalue weighted by molar-refractivity contribution is 0.0949. The lowest BCUT2D eigenvalue weighted by atomic mass is 10.2. The van der Waals surface area contributed by atoms with Crippen LogP contribution in [0.25, 0.3) is 5.65 Å². The van der Waals surface area contributed by atoms with Crippen LogP contribution in [0.15, 0.2) is 48.7 Å². The quantitative estimate of drug-likeness (QED) is 0.673. The zero-order valence-electron chi connectivity index (χ0n) is 15.4. The molecule has 0 saturated heterocycles. The Bertz CT molecular complexity index is 948. The molecule has 27 heavy (non-hydrogen) atoms. The maximum absolute atomic E-state index is 12.6. The van der Waals surface area contributed by atoms with Crippen molar-refractivity contribution in [3.63, 3.8) is 0 Å². The summed E-state index contributed by atoms with van der Waals surface area (Å²) < 4.78 is 7.05. The minimum atomic E-state index is -0.342. The van der Waals surface area contributed by atoms with Gasteiger partial charge >= 0.3 is 0 Å². The van der Waals surface area contributed by atoms with Gasteiger partial charge in [0.2, 0.25) is 0 Å². The topological polar surface area (TPSA) is 84.7 Å². The smallest absolute Gasteiger partial charge is 0.272 e. The van der Waals surface area contributed by atoms with Gasteiger partial charge in [0.15, 0.2) is 11.5 Å². The molecule has 1 aromatic carbocycles. The van der Waals surface area contributed by atoms with E-state index in [1.165, 1.54) is 0 Å². The van der Waals surface area contributed by atoms with Gasteiger partial charge < -0.3 is 15.4 Å². The third-order valence-electron chi connectivity index (χ3n) is 3.94. The van der Waals surface area contributed by atoms with Crippen LogP contribution in [0.2, 0.25) is 0 Å². The molecule has 140 valence electrons. The molecule has 0 aliphatic heterocycles. The fourth-order valence-corrected chi connectivity index (χ4v) is 2.67. The number of carbonyl (C=O) groups excluding carboxylic acids is 2. The average Bonchev–Trinajstić information content (AvgIpc) is 3.04. The maximum Gasteiger partial charge on any atom is 0.272 e. The molecular formula is C20H22N4O3. The van der Waals surface area contributed by atoms with Gasteiger partial charge in [0.25, 0.3) is 11.8 Å². The van der Waals surface area contributed by atoms with Crippen molar-refractivity contribution in [3.8, 4) is 5.75 Å². The van der Waals surface area contributed by atoms with E-state index in [0.29, 0.717) is 35.8 Å². The summed E-state index contributed by atoms with van der Waals surface area (Å²) in [5.74, 6) is 0.304. The summed E-state index contributed by atoms with van der Waals surface area (Å²) >= 11 is 0. The molecule has 2 amide bonds. The highest BCUT2D eigenvalue weighted by atomic mass is 16.5. The molecule has 3 aromatic rings. The molecule has 0 spiro atoms. The molecular weight excluding hydrogens is 344 g/mol. The van der Waals surface area contributed by atoms with E-state index in [0.717, 1.165) is 6.42 Å². The lowest BCUT2D eigenvalue weighted by Crippen LogP contribution is -2.27. The fraction of sp³-hybridized carbons (Fsp3) is 0.250. The van der Waals surface area contributed by atoms with Gasteiger partial charge in [-0.1, -0.05) is 13.0 Å². The summed E-state index contributed by atoms with van der Waals surface area (Å²) in [6, 6.07) is 12.2. The molecule has 0 bridgehead atoms. The van der Waals surface area contributed by atoms with Gasteiger partial charge in [0, 0.05) is 18.3 Å². The zero-order valence-corrected chi connectivity index (χ0v) is 15.4. The number of carbonyl (C=O) groups is 2. The van der Waals surface area contributed by atoms with Gasteiger partial charge in [-0.3, -0.25) is 14.0 Å². The first-order valence-corrected chi connectivity index (χ1v) is 8.93. The van der Waals surface area contributed by atoms with Crippen LogP contribution in [-0.2, 0) is 0 Å². The van der Waals surface area contributed by atoms with Crippen LogP contribution in [0.3, 0.4) is 0 Å². The summed E-state index contributed by atoms with van der Waals surface area (Å²) in [7, 11) is 0. The largest absolute Gasteiger partial charge is 0.494 e. The SMILES string of the molecule is CCCNC(=O)c1c(NC(=O)c2ccc(OCC)cc2)nc2ccccn12. The van der Waals surface area contributed by atoms with Gasteiger partial charge in [-0.25, -0.2) is 4.98 Å². The Kier molecular flexibility index (Phi) is 5.71. The Labute approximate surface area is 157 Å². The Hall–Kier alpha value is -3.35. The third-order valence-corrected chi connectivity index (χ3v) is 3.94. The maximum atomic E-state index is 12.6. The highest BCUT2D eigenvalue weighted by Gasteiger charge is 2.21. The van der Waals surface area contributed by atoms with Crippen molar-refractivity contribution in [2.45, 2.75) is 20.3 Å². The third kappa shape index (κ3) is 4.08. The van der Waals surface area contributed by atoms with E-state index in [-0.39, 0.29) is 17.6 Å². The number of aromatic nitrogens is 2. The van der Waals surface area contributed by atoms with Gasteiger partial charge in [0.05, 0.1) is 6.61 Å². The van der Waals surface area contributed by atoms with E-state index in [1.807, 2.05) is 26.0 Å². The first-order valence-electron chi connectivity index (χ1n) is 8.93. The van der Waals surface area contributed by atoms with E-state index in [4.69, 9.17) is 4.74 Å². The number of rotatable bonds is 7. The first kappa shape index (κ1) is 18.4. The Balaban J connectivity index is 1.89. The predicted octanol–water partition coefficient (Wildman–Crippen LogP) is 3.13. The van der Waals surface area contributed by atoms with Gasteiger partial charge in [0.1, 0.15) is 11.4 Å². The number of anilines is 1. The molecule has 0 fully saturated rings. The molecule has 0 aliphatic rings. The Morgan fingerprint density at radius 2 is 1.85 bits per heavy atom. The molecule has 2 N–H and O–H groups in total. The molecule has 7 heteroatoms. The lowest BCUT2D eigenvalue weighted by Gasteiger charge is -2.08. The second-order valence-corrected chi connectivity index (χ2v) is 5.91. The van der Waals surface area contributed by atoms with Crippen LogP contribution >= 0.6 is 0 Å². The number of imidazole rings is 1. The van der Waals surface area contributed by atoms with Crippen molar-refractivity contribution >= 4 is 23.3 Å². The number of hydrogen-bond acceptors (Lipinski definition) is 4. The molecule has 2 aromatic heterocycles. The minimum absolute atomic E-state index is 0.230. The molecule has 7 nitrogen and oxygen atoms in total. The first-order chi connectivity index (χ1) is 13.1.